The van der Waals surface area contributed by atoms with Crippen LogP contribution in [-0.2, 0) is 6.54 Å². The van der Waals surface area contributed by atoms with E-state index in [1.54, 1.807) is 0 Å². The molecule has 2 aromatic carbocycles. The Bertz CT molecular complexity index is 1280. The first-order valence-corrected chi connectivity index (χ1v) is 12.4. The van der Waals surface area contributed by atoms with Crippen molar-refractivity contribution in [3.05, 3.63) is 90.0 Å². The number of anilines is 2. The van der Waals surface area contributed by atoms with Gasteiger partial charge in [0.15, 0.2) is 17.5 Å². The fourth-order valence-corrected chi connectivity index (χ4v) is 4.39. The van der Waals surface area contributed by atoms with E-state index in [9.17, 15) is 4.39 Å². The van der Waals surface area contributed by atoms with Crippen LogP contribution in [0.3, 0.4) is 0 Å². The fraction of sp³-hybridized carbons (Fsp3) is 0.276. The van der Waals surface area contributed by atoms with Crippen molar-refractivity contribution in [2.45, 2.75) is 20.4 Å². The third kappa shape index (κ3) is 5.75. The Balaban J connectivity index is 1.25. The monoisotopic (exact) mass is 482 g/mol. The summed E-state index contributed by atoms with van der Waals surface area (Å²) in [5, 5.41) is 3.01. The Morgan fingerprint density at radius 1 is 0.778 bits per heavy atom. The Morgan fingerprint density at radius 2 is 1.42 bits per heavy atom. The van der Waals surface area contributed by atoms with Crippen LogP contribution in [0, 0.1) is 12.7 Å². The molecule has 7 heteroatoms. The number of likely N-dealkylation sites (N-methyl/N-ethyl adjacent to an activating group) is 1. The smallest absolute Gasteiger partial charge is 0.184 e. The predicted molar refractivity (Wildman–Crippen MR) is 143 cm³/mol. The number of hydrogen-bond donors (Lipinski definition) is 1. The number of aryl methyl sites for hydroxylation is 1. The van der Waals surface area contributed by atoms with Crippen LogP contribution in [0.1, 0.15) is 18.1 Å². The maximum absolute atomic E-state index is 14.5. The highest BCUT2D eigenvalue weighted by atomic mass is 19.1. The molecule has 2 aromatic heterocycles. The molecule has 1 N–H and O–H groups in total. The first kappa shape index (κ1) is 24.0. The van der Waals surface area contributed by atoms with Crippen LogP contribution in [0.25, 0.3) is 22.5 Å². The van der Waals surface area contributed by atoms with Crippen molar-refractivity contribution in [3.63, 3.8) is 0 Å². The lowest BCUT2D eigenvalue weighted by Gasteiger charge is -2.33. The third-order valence-corrected chi connectivity index (χ3v) is 6.66. The van der Waals surface area contributed by atoms with Crippen molar-refractivity contribution < 1.29 is 4.39 Å². The maximum atomic E-state index is 14.5. The van der Waals surface area contributed by atoms with E-state index in [2.05, 4.69) is 68.2 Å². The zero-order valence-electron chi connectivity index (χ0n) is 20.8. The standard InChI is InChI=1S/C29H31FN6/c1-3-35-14-16-36(17-15-35)20-22-6-13-27(31-18-22)33-29-26(30)19-32-28(34-29)25-11-9-24(10-12-25)23-7-4-21(2)5-8-23/h4-13,18-19H,3,14-17,20H2,1-2H3,(H,31,32,33,34). The van der Waals surface area contributed by atoms with Crippen LogP contribution in [0.4, 0.5) is 16.0 Å². The summed E-state index contributed by atoms with van der Waals surface area (Å²) in [6, 6.07) is 20.3. The van der Waals surface area contributed by atoms with E-state index < -0.39 is 5.82 Å². The van der Waals surface area contributed by atoms with Crippen LogP contribution in [-0.4, -0.2) is 57.5 Å². The van der Waals surface area contributed by atoms with Gasteiger partial charge in [0.1, 0.15) is 5.82 Å². The average molecular weight is 483 g/mol. The van der Waals surface area contributed by atoms with E-state index in [1.807, 2.05) is 42.6 Å². The summed E-state index contributed by atoms with van der Waals surface area (Å²) in [6.45, 7) is 10.6. The van der Waals surface area contributed by atoms with Crippen LogP contribution in [0.15, 0.2) is 73.1 Å². The molecular weight excluding hydrogens is 451 g/mol. The minimum atomic E-state index is -0.519. The molecule has 6 nitrogen and oxygen atoms in total. The molecule has 0 bridgehead atoms. The van der Waals surface area contributed by atoms with Crippen molar-refractivity contribution in [2.24, 2.45) is 0 Å². The van der Waals surface area contributed by atoms with Crippen LogP contribution < -0.4 is 5.32 Å². The van der Waals surface area contributed by atoms with Gasteiger partial charge in [-0.3, -0.25) is 4.90 Å². The zero-order chi connectivity index (χ0) is 24.9. The molecule has 184 valence electrons. The predicted octanol–water partition coefficient (Wildman–Crippen LogP) is 5.53. The summed E-state index contributed by atoms with van der Waals surface area (Å²) >= 11 is 0. The number of aromatic nitrogens is 3. The molecule has 0 aliphatic carbocycles. The Kier molecular flexibility index (Phi) is 7.30. The van der Waals surface area contributed by atoms with Gasteiger partial charge in [0.25, 0.3) is 0 Å². The van der Waals surface area contributed by atoms with E-state index >= 15 is 0 Å². The summed E-state index contributed by atoms with van der Waals surface area (Å²) in [5.74, 6) is 0.596. The van der Waals surface area contributed by atoms with Crippen LogP contribution in [0.5, 0.6) is 0 Å². The molecule has 3 heterocycles. The summed E-state index contributed by atoms with van der Waals surface area (Å²) in [5.41, 5.74) is 5.44. The highest BCUT2D eigenvalue weighted by molar-refractivity contribution is 5.68. The van der Waals surface area contributed by atoms with Crippen molar-refractivity contribution in [1.82, 2.24) is 24.8 Å². The van der Waals surface area contributed by atoms with Crippen molar-refractivity contribution in [2.75, 3.05) is 38.0 Å². The lowest BCUT2D eigenvalue weighted by Crippen LogP contribution is -2.45. The fourth-order valence-electron chi connectivity index (χ4n) is 4.39. The average Bonchev–Trinajstić information content (AvgIpc) is 2.92. The molecule has 1 aliphatic heterocycles. The minimum Gasteiger partial charge on any atom is -0.322 e. The highest BCUT2D eigenvalue weighted by Crippen LogP contribution is 2.25. The van der Waals surface area contributed by atoms with Crippen LogP contribution in [0.2, 0.25) is 0 Å². The molecule has 0 spiro atoms. The maximum Gasteiger partial charge on any atom is 0.184 e. The van der Waals surface area contributed by atoms with Crippen molar-refractivity contribution in [3.8, 4) is 22.5 Å². The molecule has 0 atom stereocenters. The highest BCUT2D eigenvalue weighted by Gasteiger charge is 2.16. The molecular formula is C29H31FN6. The van der Waals surface area contributed by atoms with Crippen LogP contribution >= 0.6 is 0 Å². The second kappa shape index (κ2) is 10.9. The number of pyridine rings is 1. The van der Waals surface area contributed by atoms with Gasteiger partial charge in [0, 0.05) is 44.5 Å². The summed E-state index contributed by atoms with van der Waals surface area (Å²) in [4.78, 5) is 18.0. The van der Waals surface area contributed by atoms with Gasteiger partial charge in [0.05, 0.1) is 6.20 Å². The van der Waals surface area contributed by atoms with Crippen molar-refractivity contribution >= 4 is 11.6 Å². The minimum absolute atomic E-state index is 0.110. The van der Waals surface area contributed by atoms with E-state index in [0.29, 0.717) is 11.6 Å². The Morgan fingerprint density at radius 3 is 2.06 bits per heavy atom. The summed E-state index contributed by atoms with van der Waals surface area (Å²) in [6.07, 6.45) is 3.04. The number of nitrogens with zero attached hydrogens (tertiary/aromatic N) is 5. The molecule has 0 saturated carbocycles. The quantitative estimate of drug-likeness (QED) is 0.374. The van der Waals surface area contributed by atoms with Gasteiger partial charge in [0.2, 0.25) is 0 Å². The lowest BCUT2D eigenvalue weighted by molar-refractivity contribution is 0.132. The molecule has 1 aliphatic rings. The van der Waals surface area contributed by atoms with E-state index in [1.165, 1.54) is 11.8 Å². The molecule has 36 heavy (non-hydrogen) atoms. The molecule has 1 saturated heterocycles. The first-order valence-electron chi connectivity index (χ1n) is 12.4. The van der Waals surface area contributed by atoms with E-state index in [4.69, 9.17) is 0 Å². The molecule has 0 unspecified atom stereocenters. The zero-order valence-corrected chi connectivity index (χ0v) is 20.8. The second-order valence-corrected chi connectivity index (χ2v) is 9.22. The Labute approximate surface area is 211 Å². The number of rotatable bonds is 7. The van der Waals surface area contributed by atoms with Gasteiger partial charge in [-0.2, -0.15) is 0 Å². The summed E-state index contributed by atoms with van der Waals surface area (Å²) < 4.78 is 14.5. The van der Waals surface area contributed by atoms with E-state index in [-0.39, 0.29) is 5.82 Å². The summed E-state index contributed by atoms with van der Waals surface area (Å²) in [7, 11) is 0. The number of nitrogens with one attached hydrogen (secondary N) is 1. The Hall–Kier alpha value is -3.68. The van der Waals surface area contributed by atoms with Gasteiger partial charge in [-0.25, -0.2) is 19.3 Å². The number of hydrogen-bond acceptors (Lipinski definition) is 6. The van der Waals surface area contributed by atoms with Gasteiger partial charge in [-0.15, -0.1) is 0 Å². The normalized spacial score (nSPS) is 14.6. The third-order valence-electron chi connectivity index (χ3n) is 6.66. The molecule has 5 rings (SSSR count). The van der Waals surface area contributed by atoms with Gasteiger partial charge in [-0.05, 0) is 36.2 Å². The SMILES string of the molecule is CCN1CCN(Cc2ccc(Nc3nc(-c4ccc(-c5ccc(C)cc5)cc4)ncc3F)nc2)CC1. The molecule has 4 aromatic rings. The number of benzene rings is 2. The van der Waals surface area contributed by atoms with Gasteiger partial charge in [-0.1, -0.05) is 67.1 Å². The largest absolute Gasteiger partial charge is 0.322 e. The number of halogens is 1. The van der Waals surface area contributed by atoms with Gasteiger partial charge >= 0.3 is 0 Å². The lowest BCUT2D eigenvalue weighted by atomic mass is 10.0. The topological polar surface area (TPSA) is 57.2 Å². The molecule has 0 amide bonds. The number of piperazine rings is 1. The molecule has 0 radical (unpaired) electrons. The molecule has 1 fully saturated rings. The van der Waals surface area contributed by atoms with Crippen molar-refractivity contribution in [1.29, 1.82) is 0 Å². The van der Waals surface area contributed by atoms with E-state index in [0.717, 1.165) is 61.5 Å². The van der Waals surface area contributed by atoms with Gasteiger partial charge < -0.3 is 10.2 Å². The first-order chi connectivity index (χ1) is 17.6. The second-order valence-electron chi connectivity index (χ2n) is 9.22.